The van der Waals surface area contributed by atoms with E-state index in [-0.39, 0.29) is 6.04 Å². The third-order valence-electron chi connectivity index (χ3n) is 3.85. The normalized spacial score (nSPS) is 16.7. The van der Waals surface area contributed by atoms with E-state index in [1.165, 1.54) is 29.5 Å². The van der Waals surface area contributed by atoms with Gasteiger partial charge >= 0.3 is 0 Å². The van der Waals surface area contributed by atoms with E-state index in [0.29, 0.717) is 0 Å². The van der Waals surface area contributed by atoms with Gasteiger partial charge in [0.25, 0.3) is 0 Å². The zero-order chi connectivity index (χ0) is 13.1. The summed E-state index contributed by atoms with van der Waals surface area (Å²) in [5.74, 6) is 1.84. The first-order valence-electron chi connectivity index (χ1n) is 7.08. The summed E-state index contributed by atoms with van der Waals surface area (Å²) >= 11 is 0. The summed E-state index contributed by atoms with van der Waals surface area (Å²) in [7, 11) is 0. The molecule has 0 heterocycles. The van der Waals surface area contributed by atoms with Crippen molar-refractivity contribution >= 4 is 0 Å². The molecule has 0 amide bonds. The Morgan fingerprint density at radius 3 is 2.56 bits per heavy atom. The van der Waals surface area contributed by atoms with Gasteiger partial charge in [0, 0.05) is 6.04 Å². The molecule has 1 aliphatic rings. The summed E-state index contributed by atoms with van der Waals surface area (Å²) in [4.78, 5) is 0. The van der Waals surface area contributed by atoms with Gasteiger partial charge in [-0.2, -0.15) is 0 Å². The number of benzene rings is 1. The second-order valence-corrected chi connectivity index (χ2v) is 5.67. The van der Waals surface area contributed by atoms with Crippen LogP contribution in [0, 0.1) is 19.8 Å². The van der Waals surface area contributed by atoms with Crippen LogP contribution in [0.2, 0.25) is 0 Å². The Hall–Kier alpha value is -1.02. The van der Waals surface area contributed by atoms with E-state index < -0.39 is 0 Å². The molecule has 2 heteroatoms. The quantitative estimate of drug-likeness (QED) is 0.836. The monoisotopic (exact) mass is 247 g/mol. The van der Waals surface area contributed by atoms with Crippen LogP contribution in [-0.2, 0) is 6.42 Å². The number of ether oxygens (including phenoxy) is 1. The predicted octanol–water partition coefficient (Wildman–Crippen LogP) is 3.37. The SMILES string of the molecule is CCC(N)Cc1cc(C)c(C)cc1OCC1CC1. The molecule has 1 saturated carbocycles. The molecule has 2 nitrogen and oxygen atoms in total. The van der Waals surface area contributed by atoms with Gasteiger partial charge in [0.15, 0.2) is 0 Å². The second kappa shape index (κ2) is 5.75. The predicted molar refractivity (Wildman–Crippen MR) is 76.1 cm³/mol. The molecular formula is C16H25NO. The number of aryl methyl sites for hydroxylation is 2. The number of hydrogen-bond acceptors (Lipinski definition) is 2. The maximum absolute atomic E-state index is 6.07. The van der Waals surface area contributed by atoms with Gasteiger partial charge in [-0.1, -0.05) is 13.0 Å². The molecule has 0 bridgehead atoms. The lowest BCUT2D eigenvalue weighted by atomic mass is 9.99. The zero-order valence-corrected chi connectivity index (χ0v) is 11.8. The topological polar surface area (TPSA) is 35.2 Å². The Kier molecular flexibility index (Phi) is 4.28. The van der Waals surface area contributed by atoms with Crippen LogP contribution in [0.25, 0.3) is 0 Å². The molecule has 0 radical (unpaired) electrons. The Balaban J connectivity index is 2.14. The minimum absolute atomic E-state index is 0.232. The standard InChI is InChI=1S/C16H25NO/c1-4-15(17)9-14-7-11(2)12(3)8-16(14)18-10-13-5-6-13/h7-8,13,15H,4-6,9-10,17H2,1-3H3. The Labute approximate surface area is 111 Å². The molecule has 1 aliphatic carbocycles. The van der Waals surface area contributed by atoms with Gasteiger partial charge in [-0.3, -0.25) is 0 Å². The van der Waals surface area contributed by atoms with Crippen LogP contribution >= 0.6 is 0 Å². The van der Waals surface area contributed by atoms with Crippen molar-refractivity contribution in [3.05, 3.63) is 28.8 Å². The lowest BCUT2D eigenvalue weighted by Crippen LogP contribution is -2.22. The van der Waals surface area contributed by atoms with Crippen LogP contribution in [0.1, 0.15) is 42.9 Å². The van der Waals surface area contributed by atoms with Crippen LogP contribution in [0.15, 0.2) is 12.1 Å². The molecule has 1 fully saturated rings. The van der Waals surface area contributed by atoms with Crippen molar-refractivity contribution in [1.82, 2.24) is 0 Å². The van der Waals surface area contributed by atoms with Crippen molar-refractivity contribution < 1.29 is 4.74 Å². The summed E-state index contributed by atoms with van der Waals surface area (Å²) < 4.78 is 5.99. The van der Waals surface area contributed by atoms with Gasteiger partial charge < -0.3 is 10.5 Å². The molecule has 0 saturated heterocycles. The Bertz CT molecular complexity index is 410. The fourth-order valence-corrected chi connectivity index (χ4v) is 2.06. The summed E-state index contributed by atoms with van der Waals surface area (Å²) in [6.07, 6.45) is 4.58. The highest BCUT2D eigenvalue weighted by molar-refractivity contribution is 5.42. The summed E-state index contributed by atoms with van der Waals surface area (Å²) in [6, 6.07) is 4.65. The summed E-state index contributed by atoms with van der Waals surface area (Å²) in [6.45, 7) is 7.30. The molecule has 0 spiro atoms. The molecule has 100 valence electrons. The average Bonchev–Trinajstić information content (AvgIpc) is 3.15. The molecule has 2 rings (SSSR count). The highest BCUT2D eigenvalue weighted by Crippen LogP contribution is 2.31. The van der Waals surface area contributed by atoms with E-state index in [2.05, 4.69) is 32.9 Å². The van der Waals surface area contributed by atoms with Crippen molar-refractivity contribution in [2.75, 3.05) is 6.61 Å². The van der Waals surface area contributed by atoms with Crippen molar-refractivity contribution in [2.45, 2.75) is 52.5 Å². The Morgan fingerprint density at radius 1 is 1.28 bits per heavy atom. The summed E-state index contributed by atoms with van der Waals surface area (Å²) in [5, 5.41) is 0. The third-order valence-corrected chi connectivity index (χ3v) is 3.85. The smallest absolute Gasteiger partial charge is 0.122 e. The van der Waals surface area contributed by atoms with Gasteiger partial charge in [-0.15, -0.1) is 0 Å². The molecule has 1 aromatic carbocycles. The molecule has 1 unspecified atom stereocenters. The third kappa shape index (κ3) is 3.49. The molecule has 2 N–H and O–H groups in total. The van der Waals surface area contributed by atoms with Gasteiger partial charge in [-0.25, -0.2) is 0 Å². The first-order valence-corrected chi connectivity index (χ1v) is 7.08. The lowest BCUT2D eigenvalue weighted by molar-refractivity contribution is 0.296. The van der Waals surface area contributed by atoms with Crippen LogP contribution in [0.5, 0.6) is 5.75 Å². The number of rotatable bonds is 6. The summed E-state index contributed by atoms with van der Waals surface area (Å²) in [5.41, 5.74) is 9.97. The van der Waals surface area contributed by atoms with Crippen LogP contribution in [-0.4, -0.2) is 12.6 Å². The molecule has 0 aliphatic heterocycles. The van der Waals surface area contributed by atoms with Gasteiger partial charge in [0.1, 0.15) is 5.75 Å². The van der Waals surface area contributed by atoms with E-state index in [0.717, 1.165) is 31.1 Å². The molecule has 1 atom stereocenters. The first-order chi connectivity index (χ1) is 8.60. The fourth-order valence-electron chi connectivity index (χ4n) is 2.06. The lowest BCUT2D eigenvalue weighted by Gasteiger charge is -2.16. The van der Waals surface area contributed by atoms with E-state index in [1.807, 2.05) is 0 Å². The van der Waals surface area contributed by atoms with E-state index in [9.17, 15) is 0 Å². The maximum atomic E-state index is 6.07. The van der Waals surface area contributed by atoms with Gasteiger partial charge in [0.05, 0.1) is 6.61 Å². The molecule has 0 aromatic heterocycles. The minimum Gasteiger partial charge on any atom is -0.493 e. The van der Waals surface area contributed by atoms with Crippen molar-refractivity contribution in [3.8, 4) is 5.75 Å². The zero-order valence-electron chi connectivity index (χ0n) is 11.8. The average molecular weight is 247 g/mol. The van der Waals surface area contributed by atoms with E-state index in [4.69, 9.17) is 10.5 Å². The molecular weight excluding hydrogens is 222 g/mol. The van der Waals surface area contributed by atoms with Crippen molar-refractivity contribution in [1.29, 1.82) is 0 Å². The highest BCUT2D eigenvalue weighted by Gasteiger charge is 2.22. The highest BCUT2D eigenvalue weighted by atomic mass is 16.5. The second-order valence-electron chi connectivity index (χ2n) is 5.67. The van der Waals surface area contributed by atoms with E-state index in [1.54, 1.807) is 0 Å². The number of nitrogens with two attached hydrogens (primary N) is 1. The molecule has 1 aromatic rings. The Morgan fingerprint density at radius 2 is 1.94 bits per heavy atom. The fraction of sp³-hybridized carbons (Fsp3) is 0.625. The molecule has 18 heavy (non-hydrogen) atoms. The number of hydrogen-bond donors (Lipinski definition) is 1. The first kappa shape index (κ1) is 13.4. The van der Waals surface area contributed by atoms with Crippen molar-refractivity contribution in [2.24, 2.45) is 11.7 Å². The minimum atomic E-state index is 0.232. The maximum Gasteiger partial charge on any atom is 0.122 e. The van der Waals surface area contributed by atoms with Gasteiger partial charge in [-0.05, 0) is 68.2 Å². The van der Waals surface area contributed by atoms with Crippen molar-refractivity contribution in [3.63, 3.8) is 0 Å². The van der Waals surface area contributed by atoms with E-state index >= 15 is 0 Å². The largest absolute Gasteiger partial charge is 0.493 e. The van der Waals surface area contributed by atoms with Crippen LogP contribution in [0.4, 0.5) is 0 Å². The van der Waals surface area contributed by atoms with Gasteiger partial charge in [0.2, 0.25) is 0 Å². The van der Waals surface area contributed by atoms with Crippen LogP contribution < -0.4 is 10.5 Å². The van der Waals surface area contributed by atoms with Crippen LogP contribution in [0.3, 0.4) is 0 Å².